The summed E-state index contributed by atoms with van der Waals surface area (Å²) in [6.45, 7) is 2.37. The molecule has 0 saturated heterocycles. The molecule has 0 bridgehead atoms. The highest BCUT2D eigenvalue weighted by Crippen LogP contribution is 2.37. The standard InChI is InChI=1S/C31H34FN3O3/c1-21(30(37)33-25-10-3-2-4-11-25)35(20-22-15-17-24(32)18-16-22)28(36)14-7-19-34-27-13-6-9-23-8-5-12-26(29(23)27)31(34)38/h5-6,8-9,12-13,15-18,21,25H,2-4,7,10-11,14,19-20H2,1H3,(H,33,37)/t21-/m1/s1. The molecule has 1 saturated carbocycles. The Labute approximate surface area is 222 Å². The molecule has 1 aliphatic carbocycles. The van der Waals surface area contributed by atoms with Gasteiger partial charge >= 0.3 is 0 Å². The highest BCUT2D eigenvalue weighted by atomic mass is 19.1. The molecule has 1 heterocycles. The van der Waals surface area contributed by atoms with E-state index in [9.17, 15) is 18.8 Å². The fourth-order valence-electron chi connectivity index (χ4n) is 5.67. The molecule has 38 heavy (non-hydrogen) atoms. The van der Waals surface area contributed by atoms with Gasteiger partial charge in [0.2, 0.25) is 11.8 Å². The quantitative estimate of drug-likeness (QED) is 0.404. The Morgan fingerprint density at radius 1 is 1.03 bits per heavy atom. The smallest absolute Gasteiger partial charge is 0.258 e. The first-order chi connectivity index (χ1) is 18.4. The summed E-state index contributed by atoms with van der Waals surface area (Å²) in [5.41, 5.74) is 2.32. The van der Waals surface area contributed by atoms with Crippen molar-refractivity contribution >= 4 is 34.2 Å². The number of hydrogen-bond acceptors (Lipinski definition) is 3. The van der Waals surface area contributed by atoms with Crippen LogP contribution in [0.25, 0.3) is 10.8 Å². The van der Waals surface area contributed by atoms with E-state index in [1.807, 2.05) is 36.4 Å². The molecule has 2 aliphatic rings. The van der Waals surface area contributed by atoms with E-state index in [4.69, 9.17) is 0 Å². The van der Waals surface area contributed by atoms with Gasteiger partial charge in [-0.2, -0.15) is 0 Å². The average Bonchev–Trinajstić information content (AvgIpc) is 3.21. The Morgan fingerprint density at radius 3 is 2.47 bits per heavy atom. The van der Waals surface area contributed by atoms with E-state index in [2.05, 4.69) is 5.32 Å². The van der Waals surface area contributed by atoms with E-state index in [-0.39, 0.29) is 42.5 Å². The van der Waals surface area contributed by atoms with Gasteiger partial charge in [-0.1, -0.05) is 55.7 Å². The number of carbonyl (C=O) groups excluding carboxylic acids is 3. The lowest BCUT2D eigenvalue weighted by molar-refractivity contribution is -0.141. The Kier molecular flexibility index (Phi) is 7.72. The fourth-order valence-corrected chi connectivity index (χ4v) is 5.67. The zero-order valence-corrected chi connectivity index (χ0v) is 21.8. The van der Waals surface area contributed by atoms with Crippen molar-refractivity contribution in [2.24, 2.45) is 0 Å². The van der Waals surface area contributed by atoms with Gasteiger partial charge in [-0.25, -0.2) is 4.39 Å². The number of rotatable bonds is 9. The van der Waals surface area contributed by atoms with Gasteiger partial charge in [-0.3, -0.25) is 14.4 Å². The van der Waals surface area contributed by atoms with Crippen molar-refractivity contribution in [3.63, 3.8) is 0 Å². The Bertz CT molecular complexity index is 1330. The lowest BCUT2D eigenvalue weighted by Gasteiger charge is -2.31. The van der Waals surface area contributed by atoms with Crippen molar-refractivity contribution in [1.82, 2.24) is 10.2 Å². The summed E-state index contributed by atoms with van der Waals surface area (Å²) in [4.78, 5) is 43.0. The lowest BCUT2D eigenvalue weighted by Crippen LogP contribution is -2.50. The average molecular weight is 516 g/mol. The predicted molar refractivity (Wildman–Crippen MR) is 146 cm³/mol. The minimum atomic E-state index is -0.666. The van der Waals surface area contributed by atoms with Crippen LogP contribution in [0, 0.1) is 5.82 Å². The first kappa shape index (κ1) is 25.9. The van der Waals surface area contributed by atoms with Crippen molar-refractivity contribution in [2.45, 2.75) is 70.5 Å². The Balaban J connectivity index is 1.26. The van der Waals surface area contributed by atoms with Crippen LogP contribution in [0.2, 0.25) is 0 Å². The predicted octanol–water partition coefficient (Wildman–Crippen LogP) is 5.59. The van der Waals surface area contributed by atoms with E-state index in [1.54, 1.807) is 28.9 Å². The maximum Gasteiger partial charge on any atom is 0.258 e. The van der Waals surface area contributed by atoms with E-state index in [1.165, 1.54) is 18.6 Å². The van der Waals surface area contributed by atoms with Crippen LogP contribution in [0.15, 0.2) is 60.7 Å². The second kappa shape index (κ2) is 11.3. The second-order valence-corrected chi connectivity index (χ2v) is 10.4. The topological polar surface area (TPSA) is 69.7 Å². The number of nitrogens with one attached hydrogen (secondary N) is 1. The molecule has 3 amide bonds. The molecule has 1 N–H and O–H groups in total. The van der Waals surface area contributed by atoms with Gasteiger partial charge in [0.1, 0.15) is 11.9 Å². The van der Waals surface area contributed by atoms with E-state index in [0.29, 0.717) is 18.5 Å². The zero-order valence-electron chi connectivity index (χ0n) is 21.8. The van der Waals surface area contributed by atoms with Crippen LogP contribution in [0.5, 0.6) is 0 Å². The first-order valence-corrected chi connectivity index (χ1v) is 13.6. The normalized spacial score (nSPS) is 16.1. The lowest BCUT2D eigenvalue weighted by atomic mass is 9.95. The van der Waals surface area contributed by atoms with Crippen LogP contribution < -0.4 is 10.2 Å². The van der Waals surface area contributed by atoms with Gasteiger partial charge in [0.05, 0.1) is 5.69 Å². The van der Waals surface area contributed by atoms with Gasteiger partial charge in [0, 0.05) is 36.5 Å². The maximum absolute atomic E-state index is 13.5. The van der Waals surface area contributed by atoms with Gasteiger partial charge in [-0.05, 0) is 61.4 Å². The van der Waals surface area contributed by atoms with Crippen molar-refractivity contribution in [1.29, 1.82) is 0 Å². The maximum atomic E-state index is 13.5. The molecule has 1 fully saturated rings. The molecular weight excluding hydrogens is 481 g/mol. The van der Waals surface area contributed by atoms with Crippen LogP contribution in [0.3, 0.4) is 0 Å². The molecule has 0 unspecified atom stereocenters. The van der Waals surface area contributed by atoms with Crippen LogP contribution in [-0.4, -0.2) is 41.2 Å². The first-order valence-electron chi connectivity index (χ1n) is 13.6. The zero-order chi connectivity index (χ0) is 26.6. The van der Waals surface area contributed by atoms with E-state index >= 15 is 0 Å². The third-order valence-corrected chi connectivity index (χ3v) is 7.81. The second-order valence-electron chi connectivity index (χ2n) is 10.4. The number of amides is 3. The third kappa shape index (κ3) is 5.42. The molecule has 0 spiro atoms. The van der Waals surface area contributed by atoms with Crippen molar-refractivity contribution < 1.29 is 18.8 Å². The van der Waals surface area contributed by atoms with Crippen molar-refractivity contribution in [3.8, 4) is 0 Å². The van der Waals surface area contributed by atoms with Gasteiger partial charge in [-0.15, -0.1) is 0 Å². The molecule has 3 aromatic carbocycles. The molecule has 1 aliphatic heterocycles. The molecule has 6 nitrogen and oxygen atoms in total. The van der Waals surface area contributed by atoms with Crippen molar-refractivity contribution in [3.05, 3.63) is 77.6 Å². The summed E-state index contributed by atoms with van der Waals surface area (Å²) in [5, 5.41) is 5.11. The summed E-state index contributed by atoms with van der Waals surface area (Å²) in [7, 11) is 0. The van der Waals surface area contributed by atoms with Crippen LogP contribution in [-0.2, 0) is 16.1 Å². The number of anilines is 1. The summed E-state index contributed by atoms with van der Waals surface area (Å²) in [6, 6.07) is 17.1. The molecule has 1 atom stereocenters. The Hall–Kier alpha value is -3.74. The highest BCUT2D eigenvalue weighted by Gasteiger charge is 2.31. The third-order valence-electron chi connectivity index (χ3n) is 7.81. The number of hydrogen-bond donors (Lipinski definition) is 1. The minimum absolute atomic E-state index is 0.0485. The Morgan fingerprint density at radius 2 is 1.74 bits per heavy atom. The van der Waals surface area contributed by atoms with Crippen LogP contribution in [0.4, 0.5) is 10.1 Å². The van der Waals surface area contributed by atoms with Gasteiger partial charge in [0.15, 0.2) is 0 Å². The fraction of sp³-hybridized carbons (Fsp3) is 0.387. The van der Waals surface area contributed by atoms with E-state index < -0.39 is 6.04 Å². The number of benzene rings is 3. The van der Waals surface area contributed by atoms with E-state index in [0.717, 1.165) is 47.7 Å². The summed E-state index contributed by atoms with van der Waals surface area (Å²) < 4.78 is 13.5. The molecule has 0 radical (unpaired) electrons. The van der Waals surface area contributed by atoms with Crippen LogP contribution in [0.1, 0.15) is 67.8 Å². The molecule has 7 heteroatoms. The number of nitrogens with zero attached hydrogens (tertiary/aromatic N) is 2. The summed E-state index contributed by atoms with van der Waals surface area (Å²) >= 11 is 0. The van der Waals surface area contributed by atoms with Crippen molar-refractivity contribution in [2.75, 3.05) is 11.4 Å². The molecule has 198 valence electrons. The number of halogens is 1. The minimum Gasteiger partial charge on any atom is -0.352 e. The molecule has 0 aromatic heterocycles. The summed E-state index contributed by atoms with van der Waals surface area (Å²) in [6.07, 6.45) is 5.97. The SMILES string of the molecule is C[C@H](C(=O)NC1CCCCC1)N(Cc1ccc(F)cc1)C(=O)CCCN1C(=O)c2cccc3cccc1c23. The van der Waals surface area contributed by atoms with Crippen LogP contribution >= 0.6 is 0 Å². The van der Waals surface area contributed by atoms with Gasteiger partial charge < -0.3 is 15.1 Å². The molecule has 3 aromatic rings. The largest absolute Gasteiger partial charge is 0.352 e. The molecular formula is C31H34FN3O3. The molecule has 5 rings (SSSR count). The summed E-state index contributed by atoms with van der Waals surface area (Å²) in [5.74, 6) is -0.721. The highest BCUT2D eigenvalue weighted by molar-refractivity contribution is 6.25. The monoisotopic (exact) mass is 515 g/mol. The number of carbonyl (C=O) groups is 3. The van der Waals surface area contributed by atoms with Gasteiger partial charge in [0.25, 0.3) is 5.91 Å².